The summed E-state index contributed by atoms with van der Waals surface area (Å²) >= 11 is 0. The lowest BCUT2D eigenvalue weighted by Gasteiger charge is -2.27. The summed E-state index contributed by atoms with van der Waals surface area (Å²) in [7, 11) is 0. The number of hydrogen-bond acceptors (Lipinski definition) is 2. The molecule has 1 fully saturated rings. The lowest BCUT2D eigenvalue weighted by molar-refractivity contribution is -0.142. The highest BCUT2D eigenvalue weighted by molar-refractivity contribution is 5.79. The quantitative estimate of drug-likeness (QED) is 0.805. The molecule has 4 nitrogen and oxygen atoms in total. The second-order valence-corrected chi connectivity index (χ2v) is 6.26. The third-order valence-corrected chi connectivity index (χ3v) is 4.77. The predicted octanol–water partition coefficient (Wildman–Crippen LogP) is 3.26. The Hall–Kier alpha value is -1.81. The largest absolute Gasteiger partial charge is 0.481 e. The molecule has 2 N–H and O–H groups in total. The van der Waals surface area contributed by atoms with E-state index < -0.39 is 5.97 Å². The molecule has 22 heavy (non-hydrogen) atoms. The lowest BCUT2D eigenvalue weighted by atomic mass is 9.86. The van der Waals surface area contributed by atoms with Crippen LogP contribution < -0.4 is 5.32 Å². The zero-order valence-electron chi connectivity index (χ0n) is 12.9. The molecule has 0 radical (unpaired) electrons. The van der Waals surface area contributed by atoms with Gasteiger partial charge in [-0.05, 0) is 56.2 Å². The van der Waals surface area contributed by atoms with Crippen LogP contribution in [0, 0.1) is 5.92 Å². The predicted molar refractivity (Wildman–Crippen MR) is 87.9 cm³/mol. The maximum Gasteiger partial charge on any atom is 0.306 e. The van der Waals surface area contributed by atoms with Crippen molar-refractivity contribution >= 4 is 16.9 Å². The summed E-state index contributed by atoms with van der Waals surface area (Å²) in [5, 5.41) is 13.9. The average molecular weight is 300 g/mol. The number of rotatable bonds is 6. The molecule has 1 saturated carbocycles. The number of hydrogen-bond donors (Lipinski definition) is 2. The van der Waals surface area contributed by atoms with Gasteiger partial charge in [0.1, 0.15) is 0 Å². The lowest BCUT2D eigenvalue weighted by Crippen LogP contribution is -2.35. The van der Waals surface area contributed by atoms with Crippen molar-refractivity contribution in [3.05, 3.63) is 36.5 Å². The first kappa shape index (κ1) is 15.1. The van der Waals surface area contributed by atoms with E-state index in [-0.39, 0.29) is 5.92 Å². The van der Waals surface area contributed by atoms with Crippen LogP contribution in [0.25, 0.3) is 10.9 Å². The number of aliphatic carboxylic acids is 1. The fraction of sp³-hybridized carbons (Fsp3) is 0.500. The van der Waals surface area contributed by atoms with Crippen LogP contribution in [-0.2, 0) is 11.3 Å². The van der Waals surface area contributed by atoms with Crippen molar-refractivity contribution < 1.29 is 9.90 Å². The van der Waals surface area contributed by atoms with Gasteiger partial charge in [0.15, 0.2) is 0 Å². The molecule has 0 unspecified atom stereocenters. The highest BCUT2D eigenvalue weighted by atomic mass is 16.4. The highest BCUT2D eigenvalue weighted by Crippen LogP contribution is 2.24. The van der Waals surface area contributed by atoms with Gasteiger partial charge in [-0.3, -0.25) is 4.79 Å². The van der Waals surface area contributed by atoms with Crippen LogP contribution in [0.2, 0.25) is 0 Å². The molecule has 0 saturated heterocycles. The number of fused-ring (bicyclic) bond motifs is 1. The summed E-state index contributed by atoms with van der Waals surface area (Å²) in [5.74, 6) is -0.748. The van der Waals surface area contributed by atoms with Gasteiger partial charge in [0.25, 0.3) is 0 Å². The maximum atomic E-state index is 10.9. The smallest absolute Gasteiger partial charge is 0.306 e. The Balaban J connectivity index is 1.40. The Morgan fingerprint density at radius 1 is 1.18 bits per heavy atom. The van der Waals surface area contributed by atoms with Crippen molar-refractivity contribution in [3.8, 4) is 0 Å². The van der Waals surface area contributed by atoms with Crippen LogP contribution in [0.4, 0.5) is 0 Å². The fourth-order valence-electron chi connectivity index (χ4n) is 3.44. The van der Waals surface area contributed by atoms with Gasteiger partial charge in [-0.15, -0.1) is 0 Å². The topological polar surface area (TPSA) is 54.3 Å². The van der Waals surface area contributed by atoms with Crippen molar-refractivity contribution in [1.82, 2.24) is 9.88 Å². The van der Waals surface area contributed by atoms with Gasteiger partial charge in [-0.2, -0.15) is 0 Å². The first-order valence-corrected chi connectivity index (χ1v) is 8.24. The van der Waals surface area contributed by atoms with E-state index in [1.165, 1.54) is 10.9 Å². The van der Waals surface area contributed by atoms with Gasteiger partial charge in [0.2, 0.25) is 0 Å². The number of carbonyl (C=O) groups is 1. The monoisotopic (exact) mass is 300 g/mol. The summed E-state index contributed by atoms with van der Waals surface area (Å²) in [4.78, 5) is 10.9. The molecule has 0 aliphatic heterocycles. The maximum absolute atomic E-state index is 10.9. The van der Waals surface area contributed by atoms with E-state index in [9.17, 15) is 4.79 Å². The zero-order valence-corrected chi connectivity index (χ0v) is 12.9. The normalized spacial score (nSPS) is 22.0. The summed E-state index contributed by atoms with van der Waals surface area (Å²) in [5.41, 5.74) is 1.30. The van der Waals surface area contributed by atoms with E-state index in [2.05, 4.69) is 46.4 Å². The molecule has 1 aromatic heterocycles. The van der Waals surface area contributed by atoms with Gasteiger partial charge < -0.3 is 15.0 Å². The highest BCUT2D eigenvalue weighted by Gasteiger charge is 2.25. The van der Waals surface area contributed by atoms with Crippen LogP contribution in [0.5, 0.6) is 0 Å². The van der Waals surface area contributed by atoms with E-state index in [4.69, 9.17) is 5.11 Å². The van der Waals surface area contributed by atoms with E-state index in [1.807, 2.05) is 0 Å². The molecule has 0 atom stereocenters. The van der Waals surface area contributed by atoms with Crippen molar-refractivity contribution in [2.45, 2.75) is 44.7 Å². The third kappa shape index (κ3) is 3.50. The SMILES string of the molecule is O=C(O)C1CCC(NCCCn2ccc3ccccc32)CC1. The molecular formula is C18H24N2O2. The number of carboxylic acid groups (broad SMARTS) is 1. The van der Waals surface area contributed by atoms with Gasteiger partial charge in [-0.1, -0.05) is 18.2 Å². The van der Waals surface area contributed by atoms with Gasteiger partial charge in [0, 0.05) is 24.3 Å². The van der Waals surface area contributed by atoms with Crippen molar-refractivity contribution in [1.29, 1.82) is 0 Å². The molecule has 1 aliphatic carbocycles. The Morgan fingerprint density at radius 3 is 2.73 bits per heavy atom. The number of nitrogens with zero attached hydrogens (tertiary/aromatic N) is 1. The second-order valence-electron chi connectivity index (χ2n) is 6.26. The Labute approximate surface area is 131 Å². The van der Waals surface area contributed by atoms with Crippen LogP contribution in [-0.4, -0.2) is 28.2 Å². The molecule has 1 aliphatic rings. The molecular weight excluding hydrogens is 276 g/mol. The van der Waals surface area contributed by atoms with Gasteiger partial charge in [-0.25, -0.2) is 0 Å². The molecule has 3 rings (SSSR count). The molecule has 118 valence electrons. The molecule has 1 aromatic carbocycles. The minimum atomic E-state index is -0.627. The second kappa shape index (κ2) is 6.97. The molecule has 2 aromatic rings. The Morgan fingerprint density at radius 2 is 1.95 bits per heavy atom. The summed E-state index contributed by atoms with van der Waals surface area (Å²) in [6.07, 6.45) is 6.86. The number of carboxylic acids is 1. The number of para-hydroxylation sites is 1. The third-order valence-electron chi connectivity index (χ3n) is 4.77. The zero-order chi connectivity index (χ0) is 15.4. The van der Waals surface area contributed by atoms with Gasteiger partial charge >= 0.3 is 5.97 Å². The molecule has 0 bridgehead atoms. The van der Waals surface area contributed by atoms with Crippen LogP contribution in [0.15, 0.2) is 36.5 Å². The summed E-state index contributed by atoms with van der Waals surface area (Å²) in [6.45, 7) is 2.01. The first-order valence-electron chi connectivity index (χ1n) is 8.24. The number of aryl methyl sites for hydroxylation is 1. The number of aromatic nitrogens is 1. The van der Waals surface area contributed by atoms with Gasteiger partial charge in [0.05, 0.1) is 5.92 Å². The summed E-state index contributed by atoms with van der Waals surface area (Å²) < 4.78 is 2.30. The summed E-state index contributed by atoms with van der Waals surface area (Å²) in [6, 6.07) is 11.1. The van der Waals surface area contributed by atoms with E-state index in [1.54, 1.807) is 0 Å². The first-order chi connectivity index (χ1) is 10.7. The minimum Gasteiger partial charge on any atom is -0.481 e. The van der Waals surface area contributed by atoms with E-state index in [0.29, 0.717) is 6.04 Å². The van der Waals surface area contributed by atoms with Crippen molar-refractivity contribution in [2.24, 2.45) is 5.92 Å². The number of benzene rings is 1. The number of nitrogens with one attached hydrogen (secondary N) is 1. The molecule has 0 spiro atoms. The molecule has 4 heteroatoms. The minimum absolute atomic E-state index is 0.121. The van der Waals surface area contributed by atoms with Crippen LogP contribution in [0.3, 0.4) is 0 Å². The van der Waals surface area contributed by atoms with Crippen LogP contribution in [0.1, 0.15) is 32.1 Å². The van der Waals surface area contributed by atoms with Crippen LogP contribution >= 0.6 is 0 Å². The standard InChI is InChI=1S/C18H24N2O2/c21-18(22)15-6-8-16(9-7-15)19-11-3-12-20-13-10-14-4-1-2-5-17(14)20/h1-2,4-5,10,13,15-16,19H,3,6-9,11-12H2,(H,21,22). The molecule has 0 amide bonds. The fourth-order valence-corrected chi connectivity index (χ4v) is 3.44. The van der Waals surface area contributed by atoms with Crippen molar-refractivity contribution in [2.75, 3.05) is 6.54 Å². The van der Waals surface area contributed by atoms with E-state index in [0.717, 1.165) is 45.2 Å². The Bertz CT molecular complexity index is 627. The molecule has 1 heterocycles. The average Bonchev–Trinajstić information content (AvgIpc) is 2.95. The van der Waals surface area contributed by atoms with Crippen molar-refractivity contribution in [3.63, 3.8) is 0 Å². The van der Waals surface area contributed by atoms with E-state index >= 15 is 0 Å². The Kier molecular flexibility index (Phi) is 4.78.